The number of benzene rings is 1. The van der Waals surface area contributed by atoms with Gasteiger partial charge in [0.25, 0.3) is 0 Å². The largest absolute Gasteiger partial charge is 0.312 e. The highest BCUT2D eigenvalue weighted by Crippen LogP contribution is 2.23. The minimum Gasteiger partial charge on any atom is -0.312 e. The van der Waals surface area contributed by atoms with Gasteiger partial charge in [0, 0.05) is 30.6 Å². The normalized spacial score (nSPS) is 27.8. The SMILES string of the molecule is CCC1NNC(NS(=O)(=O)c2ccc(N3CCCC3=O)cc2)C1C. The Bertz CT molecular complexity index is 705. The molecule has 0 spiro atoms. The molecule has 2 aliphatic rings. The van der Waals surface area contributed by atoms with E-state index in [1.165, 1.54) is 0 Å². The fourth-order valence-electron chi connectivity index (χ4n) is 3.26. The fourth-order valence-corrected chi connectivity index (χ4v) is 4.50. The van der Waals surface area contributed by atoms with Crippen molar-refractivity contribution in [2.75, 3.05) is 11.4 Å². The lowest BCUT2D eigenvalue weighted by atomic mass is 10.0. The first-order chi connectivity index (χ1) is 11.4. The third-order valence-electron chi connectivity index (χ3n) is 4.84. The van der Waals surface area contributed by atoms with Gasteiger partial charge in [-0.25, -0.2) is 13.8 Å². The summed E-state index contributed by atoms with van der Waals surface area (Å²) in [5.41, 5.74) is 6.86. The van der Waals surface area contributed by atoms with Crippen LogP contribution < -0.4 is 20.5 Å². The number of carbonyl (C=O) groups excluding carboxylic acids is 1. The van der Waals surface area contributed by atoms with Gasteiger partial charge in [0.05, 0.1) is 11.1 Å². The number of rotatable bonds is 5. The molecular formula is C16H24N4O3S. The maximum Gasteiger partial charge on any atom is 0.241 e. The summed E-state index contributed by atoms with van der Waals surface area (Å²) in [6, 6.07) is 6.72. The molecule has 2 heterocycles. The molecule has 3 N–H and O–H groups in total. The van der Waals surface area contributed by atoms with Crippen LogP contribution in [-0.4, -0.2) is 33.1 Å². The summed E-state index contributed by atoms with van der Waals surface area (Å²) >= 11 is 0. The molecule has 2 saturated heterocycles. The standard InChI is InChI=1S/C16H24N4O3S/c1-3-14-11(2)16(18-17-14)19-24(22,23)13-8-6-12(7-9-13)20-10-4-5-15(20)21/h6-9,11,14,16-19H,3-5,10H2,1-2H3. The van der Waals surface area contributed by atoms with Gasteiger partial charge in [-0.15, -0.1) is 0 Å². The van der Waals surface area contributed by atoms with E-state index in [2.05, 4.69) is 22.5 Å². The Labute approximate surface area is 142 Å². The van der Waals surface area contributed by atoms with Crippen molar-refractivity contribution in [3.05, 3.63) is 24.3 Å². The molecule has 2 fully saturated rings. The minimum atomic E-state index is -3.62. The van der Waals surface area contributed by atoms with Gasteiger partial charge in [-0.3, -0.25) is 10.2 Å². The average molecular weight is 352 g/mol. The summed E-state index contributed by atoms with van der Waals surface area (Å²) in [6.07, 6.45) is 1.97. The van der Waals surface area contributed by atoms with Crippen LogP contribution in [0.5, 0.6) is 0 Å². The van der Waals surface area contributed by atoms with Crippen molar-refractivity contribution in [1.29, 1.82) is 0 Å². The third kappa shape index (κ3) is 3.32. The van der Waals surface area contributed by atoms with Crippen molar-refractivity contribution in [2.24, 2.45) is 5.92 Å². The summed E-state index contributed by atoms with van der Waals surface area (Å²) in [4.78, 5) is 13.7. The first-order valence-electron chi connectivity index (χ1n) is 8.36. The summed E-state index contributed by atoms with van der Waals surface area (Å²) in [6.45, 7) is 4.76. The summed E-state index contributed by atoms with van der Waals surface area (Å²) in [7, 11) is -3.62. The van der Waals surface area contributed by atoms with Crippen molar-refractivity contribution >= 4 is 21.6 Å². The lowest BCUT2D eigenvalue weighted by Crippen LogP contribution is -2.46. The molecule has 3 rings (SSSR count). The zero-order chi connectivity index (χ0) is 17.3. The average Bonchev–Trinajstić information content (AvgIpc) is 3.14. The first-order valence-corrected chi connectivity index (χ1v) is 9.84. The van der Waals surface area contributed by atoms with Gasteiger partial charge in [0.15, 0.2) is 0 Å². The summed E-state index contributed by atoms with van der Waals surface area (Å²) in [5, 5.41) is 0. The number of anilines is 1. The van der Waals surface area contributed by atoms with Crippen LogP contribution >= 0.6 is 0 Å². The zero-order valence-corrected chi connectivity index (χ0v) is 14.8. The lowest BCUT2D eigenvalue weighted by molar-refractivity contribution is -0.117. The second-order valence-electron chi connectivity index (χ2n) is 6.40. The van der Waals surface area contributed by atoms with E-state index < -0.39 is 10.0 Å². The van der Waals surface area contributed by atoms with Crippen LogP contribution in [0.3, 0.4) is 0 Å². The molecule has 0 aromatic heterocycles. The van der Waals surface area contributed by atoms with E-state index in [1.807, 2.05) is 6.92 Å². The van der Waals surface area contributed by atoms with E-state index >= 15 is 0 Å². The van der Waals surface area contributed by atoms with Gasteiger partial charge >= 0.3 is 0 Å². The van der Waals surface area contributed by atoms with Crippen LogP contribution in [0, 0.1) is 5.92 Å². The van der Waals surface area contributed by atoms with Gasteiger partial charge < -0.3 is 4.90 Å². The van der Waals surface area contributed by atoms with Crippen LogP contribution in [0.4, 0.5) is 5.69 Å². The van der Waals surface area contributed by atoms with Crippen LogP contribution in [0.25, 0.3) is 0 Å². The summed E-state index contributed by atoms with van der Waals surface area (Å²) in [5.74, 6) is 0.232. The van der Waals surface area contributed by atoms with Crippen molar-refractivity contribution in [3.8, 4) is 0 Å². The number of hydrazine groups is 1. The molecule has 0 radical (unpaired) electrons. The molecule has 2 aliphatic heterocycles. The fraction of sp³-hybridized carbons (Fsp3) is 0.562. The summed E-state index contributed by atoms with van der Waals surface area (Å²) < 4.78 is 27.8. The predicted octanol–water partition coefficient (Wildman–Crippen LogP) is 0.940. The molecular weight excluding hydrogens is 328 g/mol. The monoisotopic (exact) mass is 352 g/mol. The number of amides is 1. The number of hydrogen-bond donors (Lipinski definition) is 3. The molecule has 1 aromatic rings. The number of sulfonamides is 1. The Hall–Kier alpha value is -1.48. The Kier molecular flexibility index (Phi) is 4.91. The molecule has 7 nitrogen and oxygen atoms in total. The predicted molar refractivity (Wildman–Crippen MR) is 91.7 cm³/mol. The highest BCUT2D eigenvalue weighted by Gasteiger charge is 2.34. The maximum absolute atomic E-state index is 12.6. The molecule has 8 heteroatoms. The van der Waals surface area contributed by atoms with Gasteiger partial charge in [0.2, 0.25) is 15.9 Å². The van der Waals surface area contributed by atoms with Gasteiger partial charge in [-0.1, -0.05) is 13.8 Å². The van der Waals surface area contributed by atoms with Crippen LogP contribution in [0.2, 0.25) is 0 Å². The molecule has 24 heavy (non-hydrogen) atoms. The highest BCUT2D eigenvalue weighted by molar-refractivity contribution is 7.89. The van der Waals surface area contributed by atoms with Crippen LogP contribution in [-0.2, 0) is 14.8 Å². The van der Waals surface area contributed by atoms with Crippen LogP contribution in [0.15, 0.2) is 29.2 Å². The smallest absolute Gasteiger partial charge is 0.241 e. The second-order valence-corrected chi connectivity index (χ2v) is 8.12. The Balaban J connectivity index is 1.72. The lowest BCUT2D eigenvalue weighted by Gasteiger charge is -2.19. The third-order valence-corrected chi connectivity index (χ3v) is 6.30. The molecule has 3 atom stereocenters. The van der Waals surface area contributed by atoms with Gasteiger partial charge in [0.1, 0.15) is 0 Å². The molecule has 0 bridgehead atoms. The molecule has 1 amide bonds. The van der Waals surface area contributed by atoms with E-state index in [0.717, 1.165) is 18.5 Å². The quantitative estimate of drug-likeness (QED) is 0.734. The van der Waals surface area contributed by atoms with Crippen LogP contribution in [0.1, 0.15) is 33.1 Å². The molecule has 0 saturated carbocycles. The number of nitrogens with one attached hydrogen (secondary N) is 3. The van der Waals surface area contributed by atoms with Gasteiger partial charge in [-0.2, -0.15) is 4.72 Å². The minimum absolute atomic E-state index is 0.0874. The van der Waals surface area contributed by atoms with E-state index in [0.29, 0.717) is 13.0 Å². The molecule has 1 aromatic carbocycles. The molecule has 3 unspecified atom stereocenters. The van der Waals surface area contributed by atoms with Crippen molar-refractivity contribution in [1.82, 2.24) is 15.6 Å². The van der Waals surface area contributed by atoms with E-state index in [-0.39, 0.29) is 28.9 Å². The van der Waals surface area contributed by atoms with E-state index in [1.54, 1.807) is 29.2 Å². The maximum atomic E-state index is 12.6. The highest BCUT2D eigenvalue weighted by atomic mass is 32.2. The number of hydrogen-bond acceptors (Lipinski definition) is 5. The second kappa shape index (κ2) is 6.79. The first kappa shape index (κ1) is 17.3. The number of nitrogens with zero attached hydrogens (tertiary/aromatic N) is 1. The Morgan fingerprint density at radius 2 is 1.96 bits per heavy atom. The zero-order valence-electron chi connectivity index (χ0n) is 14.0. The van der Waals surface area contributed by atoms with E-state index in [4.69, 9.17) is 0 Å². The van der Waals surface area contributed by atoms with Crippen molar-refractivity contribution in [2.45, 2.75) is 50.2 Å². The Morgan fingerprint density at radius 1 is 1.25 bits per heavy atom. The van der Waals surface area contributed by atoms with Crippen molar-refractivity contribution in [3.63, 3.8) is 0 Å². The van der Waals surface area contributed by atoms with Crippen molar-refractivity contribution < 1.29 is 13.2 Å². The number of carbonyl (C=O) groups is 1. The van der Waals surface area contributed by atoms with E-state index in [9.17, 15) is 13.2 Å². The Morgan fingerprint density at radius 3 is 2.50 bits per heavy atom. The molecule has 0 aliphatic carbocycles. The topological polar surface area (TPSA) is 90.5 Å². The molecule has 132 valence electrons. The van der Waals surface area contributed by atoms with Gasteiger partial charge in [-0.05, 0) is 37.1 Å².